The minimum atomic E-state index is 0.0135. The predicted octanol–water partition coefficient (Wildman–Crippen LogP) is 9.21. The molecule has 0 saturated carbocycles. The summed E-state index contributed by atoms with van der Waals surface area (Å²) in [6.07, 6.45) is 6.73. The van der Waals surface area contributed by atoms with Crippen LogP contribution < -0.4 is 10.5 Å². The lowest BCUT2D eigenvalue weighted by molar-refractivity contribution is 0.269. The quantitative estimate of drug-likeness (QED) is 0.229. The molecule has 2 unspecified atom stereocenters. The van der Waals surface area contributed by atoms with E-state index in [-0.39, 0.29) is 12.0 Å². The lowest BCUT2D eigenvalue weighted by Crippen LogP contribution is -2.17. The van der Waals surface area contributed by atoms with Gasteiger partial charge in [0.25, 0.3) is 0 Å². The fourth-order valence-electron chi connectivity index (χ4n) is 6.69. The number of aromatic nitrogens is 1. The van der Waals surface area contributed by atoms with Crippen molar-refractivity contribution in [2.45, 2.75) is 25.9 Å². The fourth-order valence-corrected chi connectivity index (χ4v) is 7.75. The van der Waals surface area contributed by atoms with Crippen molar-refractivity contribution >= 4 is 43.6 Å². The van der Waals surface area contributed by atoms with Crippen LogP contribution in [0.1, 0.15) is 27.5 Å². The van der Waals surface area contributed by atoms with E-state index in [0.29, 0.717) is 0 Å². The van der Waals surface area contributed by atoms with Gasteiger partial charge in [-0.1, -0.05) is 72.8 Å². The van der Waals surface area contributed by atoms with E-state index in [1.807, 2.05) is 23.5 Å². The zero-order valence-corrected chi connectivity index (χ0v) is 23.2. The van der Waals surface area contributed by atoms with Crippen LogP contribution in [-0.4, -0.2) is 10.7 Å². The van der Waals surface area contributed by atoms with Gasteiger partial charge in [-0.15, -0.1) is 11.3 Å². The Morgan fingerprint density at radius 1 is 0.800 bits per heavy atom. The molecule has 1 aliphatic carbocycles. The molecule has 2 atom stereocenters. The molecule has 3 nitrogen and oxygen atoms in total. The number of rotatable bonds is 3. The third-order valence-corrected chi connectivity index (χ3v) is 9.55. The van der Waals surface area contributed by atoms with Crippen molar-refractivity contribution in [3.05, 3.63) is 131 Å². The van der Waals surface area contributed by atoms with Gasteiger partial charge in [-0.3, -0.25) is 0 Å². The summed E-state index contributed by atoms with van der Waals surface area (Å²) < 4.78 is 10.0. The number of nitrogens with two attached hydrogens (primary N) is 1. The Balaban J connectivity index is 1.42. The van der Waals surface area contributed by atoms with Gasteiger partial charge in [-0.25, -0.2) is 0 Å². The minimum Gasteiger partial charge on any atom is -0.485 e. The number of hydrogen-bond acceptors (Lipinski definition) is 3. The normalized spacial score (nSPS) is 17.6. The number of nitrogens with zero attached hydrogens (tertiary/aromatic N) is 1. The summed E-state index contributed by atoms with van der Waals surface area (Å²) >= 11 is 1.86. The zero-order valence-electron chi connectivity index (χ0n) is 22.4. The third kappa shape index (κ3) is 3.29. The second-order valence-corrected chi connectivity index (χ2v) is 12.0. The highest BCUT2D eigenvalue weighted by molar-refractivity contribution is 7.19. The number of aryl methyl sites for hydroxylation is 2. The van der Waals surface area contributed by atoms with E-state index in [4.69, 9.17) is 10.5 Å². The van der Waals surface area contributed by atoms with E-state index in [1.54, 1.807) is 0 Å². The van der Waals surface area contributed by atoms with Crippen molar-refractivity contribution in [3.8, 4) is 22.7 Å². The minimum absolute atomic E-state index is 0.0135. The number of benzene rings is 4. The summed E-state index contributed by atoms with van der Waals surface area (Å²) in [5.74, 6) is 1.13. The first-order chi connectivity index (χ1) is 19.6. The molecule has 0 saturated heterocycles. The molecule has 2 aliphatic rings. The highest BCUT2D eigenvalue weighted by Crippen LogP contribution is 2.48. The molecule has 2 N–H and O–H groups in total. The standard InChI is InChI=1S/C36H28N2OS/c1-21-24-10-3-6-14-29(24)38(36(21)34-22(2)40-33-17-8-5-12-26(33)34)30-15-9-13-28(37)35(30)23-18-19-32-27(20-23)25-11-4-7-16-31(25)39-32/h3-20,27,32H,37H2,1-2H3. The Bertz CT molecular complexity index is 2040. The highest BCUT2D eigenvalue weighted by Gasteiger charge is 2.34. The number of para-hydroxylation sites is 2. The van der Waals surface area contributed by atoms with E-state index in [0.717, 1.165) is 28.3 Å². The van der Waals surface area contributed by atoms with Gasteiger partial charge in [0, 0.05) is 48.6 Å². The summed E-state index contributed by atoms with van der Waals surface area (Å²) in [5.41, 5.74) is 17.1. The number of thiophene rings is 1. The molecule has 1 aliphatic heterocycles. The van der Waals surface area contributed by atoms with Gasteiger partial charge in [-0.2, -0.15) is 0 Å². The van der Waals surface area contributed by atoms with Gasteiger partial charge < -0.3 is 15.0 Å². The lowest BCUT2D eigenvalue weighted by Gasteiger charge is -2.23. The van der Waals surface area contributed by atoms with Gasteiger partial charge >= 0.3 is 0 Å². The average Bonchev–Trinajstić information content (AvgIpc) is 3.61. The molecule has 2 aromatic heterocycles. The van der Waals surface area contributed by atoms with Gasteiger partial charge in [-0.05, 0) is 61.4 Å². The van der Waals surface area contributed by atoms with Crippen molar-refractivity contribution in [2.75, 3.05) is 5.73 Å². The summed E-state index contributed by atoms with van der Waals surface area (Å²) in [4.78, 5) is 1.32. The number of anilines is 1. The first-order valence-corrected chi connectivity index (χ1v) is 14.5. The van der Waals surface area contributed by atoms with E-state index < -0.39 is 0 Å². The van der Waals surface area contributed by atoms with E-state index >= 15 is 0 Å². The molecular formula is C36H28N2OS. The first kappa shape index (κ1) is 23.4. The molecule has 3 heterocycles. The third-order valence-electron chi connectivity index (χ3n) is 8.46. The van der Waals surface area contributed by atoms with Crippen LogP contribution >= 0.6 is 11.3 Å². The SMILES string of the molecule is Cc1sc2ccccc2c1-c1c(C)c2ccccc2n1-c1cccc(N)c1C1=CC2c3ccccc3OC2C=C1. The molecule has 0 fully saturated rings. The Labute approximate surface area is 237 Å². The number of fused-ring (bicyclic) bond motifs is 5. The van der Waals surface area contributed by atoms with Crippen LogP contribution in [0.2, 0.25) is 0 Å². The topological polar surface area (TPSA) is 40.2 Å². The van der Waals surface area contributed by atoms with Crippen LogP contribution in [0.25, 0.3) is 43.5 Å². The molecule has 0 bridgehead atoms. The Morgan fingerprint density at radius 3 is 2.48 bits per heavy atom. The maximum absolute atomic E-state index is 6.84. The van der Waals surface area contributed by atoms with Crippen LogP contribution in [0, 0.1) is 13.8 Å². The zero-order chi connectivity index (χ0) is 27.0. The Kier molecular flexibility index (Phi) is 5.10. The number of allylic oxidation sites excluding steroid dienone is 2. The average molecular weight is 537 g/mol. The van der Waals surface area contributed by atoms with Crippen LogP contribution in [0.3, 0.4) is 0 Å². The maximum Gasteiger partial charge on any atom is 0.128 e. The van der Waals surface area contributed by atoms with Gasteiger partial charge in [0.05, 0.1) is 16.9 Å². The monoisotopic (exact) mass is 536 g/mol. The lowest BCUT2D eigenvalue weighted by atomic mass is 9.86. The van der Waals surface area contributed by atoms with Crippen LogP contribution in [-0.2, 0) is 0 Å². The first-order valence-electron chi connectivity index (χ1n) is 13.7. The molecule has 8 rings (SSSR count). The van der Waals surface area contributed by atoms with E-state index in [9.17, 15) is 0 Å². The smallest absolute Gasteiger partial charge is 0.128 e. The van der Waals surface area contributed by atoms with Crippen LogP contribution in [0.4, 0.5) is 5.69 Å². The van der Waals surface area contributed by atoms with Crippen molar-refractivity contribution in [1.82, 2.24) is 4.57 Å². The van der Waals surface area contributed by atoms with Crippen molar-refractivity contribution in [2.24, 2.45) is 0 Å². The number of ether oxygens (including phenoxy) is 1. The van der Waals surface area contributed by atoms with E-state index in [1.165, 1.54) is 48.3 Å². The van der Waals surface area contributed by atoms with Gasteiger partial charge in [0.15, 0.2) is 0 Å². The maximum atomic E-state index is 6.84. The van der Waals surface area contributed by atoms with Gasteiger partial charge in [0.1, 0.15) is 11.9 Å². The predicted molar refractivity (Wildman–Crippen MR) is 169 cm³/mol. The summed E-state index contributed by atoms with van der Waals surface area (Å²) in [6.45, 7) is 4.50. The summed E-state index contributed by atoms with van der Waals surface area (Å²) in [5, 5.41) is 2.55. The Morgan fingerprint density at radius 2 is 1.57 bits per heavy atom. The number of nitrogen functional groups attached to an aromatic ring is 1. The molecule has 4 heteroatoms. The fraction of sp³-hybridized carbons (Fsp3) is 0.111. The Hall–Kier alpha value is -4.54. The molecule has 194 valence electrons. The second-order valence-electron chi connectivity index (χ2n) is 10.7. The summed E-state index contributed by atoms with van der Waals surface area (Å²) in [7, 11) is 0. The molecule has 0 amide bonds. The van der Waals surface area contributed by atoms with Gasteiger partial charge in [0.2, 0.25) is 0 Å². The molecule has 6 aromatic rings. The second kappa shape index (κ2) is 8.73. The molecule has 0 spiro atoms. The molecule has 40 heavy (non-hydrogen) atoms. The van der Waals surface area contributed by atoms with Crippen LogP contribution in [0.5, 0.6) is 5.75 Å². The molecule has 4 aromatic carbocycles. The van der Waals surface area contributed by atoms with Crippen LogP contribution in [0.15, 0.2) is 109 Å². The molecule has 0 radical (unpaired) electrons. The largest absolute Gasteiger partial charge is 0.485 e. The van der Waals surface area contributed by atoms with Crippen molar-refractivity contribution < 1.29 is 4.74 Å². The summed E-state index contributed by atoms with van der Waals surface area (Å²) in [6, 6.07) is 32.1. The number of hydrogen-bond donors (Lipinski definition) is 1. The van der Waals surface area contributed by atoms with Crippen molar-refractivity contribution in [3.63, 3.8) is 0 Å². The van der Waals surface area contributed by atoms with E-state index in [2.05, 4.69) is 116 Å². The highest BCUT2D eigenvalue weighted by atomic mass is 32.1. The van der Waals surface area contributed by atoms with Crippen molar-refractivity contribution in [1.29, 1.82) is 0 Å². The molecular weight excluding hydrogens is 508 g/mol.